The van der Waals surface area contributed by atoms with Crippen LogP contribution in [0.15, 0.2) is 29.2 Å². The Kier molecular flexibility index (Phi) is 7.15. The molecule has 0 aliphatic heterocycles. The first-order valence-electron chi connectivity index (χ1n) is 6.91. The normalized spacial score (nSPS) is 11.1. The number of carbonyl (C=O) groups is 3. The molecule has 0 heterocycles. The van der Waals surface area contributed by atoms with E-state index in [2.05, 4.69) is 5.32 Å². The predicted molar refractivity (Wildman–Crippen MR) is 85.0 cm³/mol. The number of imide groups is 1. The summed E-state index contributed by atoms with van der Waals surface area (Å²) < 4.78 is 29.7. The smallest absolute Gasteiger partial charge is 0.339 e. The number of urea groups is 1. The first-order chi connectivity index (χ1) is 11.1. The van der Waals surface area contributed by atoms with Crippen molar-refractivity contribution < 1.29 is 27.9 Å². The molecule has 0 radical (unpaired) electrons. The third kappa shape index (κ3) is 7.40. The number of nitrogens with one attached hydrogen (secondary N) is 2. The van der Waals surface area contributed by atoms with Gasteiger partial charge in [0.25, 0.3) is 11.7 Å². The lowest BCUT2D eigenvalue weighted by molar-refractivity contribution is -0.123. The SMILES string of the molecule is CC(C)(C)NC(=O)NC(=O)COC(=O)c1ccccc1SC(F)F. The molecule has 0 aliphatic carbocycles. The van der Waals surface area contributed by atoms with Gasteiger partial charge in [-0.25, -0.2) is 9.59 Å². The minimum atomic E-state index is -2.69. The minimum absolute atomic E-state index is 0.0448. The Morgan fingerprint density at radius 1 is 1.21 bits per heavy atom. The molecule has 0 saturated carbocycles. The zero-order chi connectivity index (χ0) is 18.3. The summed E-state index contributed by atoms with van der Waals surface area (Å²) in [7, 11) is 0. The minimum Gasteiger partial charge on any atom is -0.452 e. The lowest BCUT2D eigenvalue weighted by Crippen LogP contribution is -2.49. The van der Waals surface area contributed by atoms with Crippen LogP contribution in [0.2, 0.25) is 0 Å². The van der Waals surface area contributed by atoms with E-state index >= 15 is 0 Å². The molecule has 0 aromatic heterocycles. The molecule has 24 heavy (non-hydrogen) atoms. The summed E-state index contributed by atoms with van der Waals surface area (Å²) in [4.78, 5) is 35.0. The number of amides is 3. The molecule has 0 fully saturated rings. The number of benzene rings is 1. The van der Waals surface area contributed by atoms with Gasteiger partial charge in [-0.05, 0) is 32.9 Å². The highest BCUT2D eigenvalue weighted by atomic mass is 32.2. The average Bonchev–Trinajstić information content (AvgIpc) is 2.42. The summed E-state index contributed by atoms with van der Waals surface area (Å²) >= 11 is 0.206. The number of esters is 1. The summed E-state index contributed by atoms with van der Waals surface area (Å²) in [5.74, 6) is -4.45. The largest absolute Gasteiger partial charge is 0.452 e. The summed E-state index contributed by atoms with van der Waals surface area (Å²) in [5, 5.41) is 4.50. The van der Waals surface area contributed by atoms with E-state index in [1.165, 1.54) is 24.3 Å². The fraction of sp³-hybridized carbons (Fsp3) is 0.400. The molecule has 9 heteroatoms. The zero-order valence-electron chi connectivity index (χ0n) is 13.4. The van der Waals surface area contributed by atoms with Crippen LogP contribution in [0.4, 0.5) is 13.6 Å². The number of ether oxygens (including phenoxy) is 1. The second-order valence-electron chi connectivity index (χ2n) is 5.70. The summed E-state index contributed by atoms with van der Waals surface area (Å²) in [5.41, 5.74) is -0.610. The van der Waals surface area contributed by atoms with E-state index in [1.54, 1.807) is 20.8 Å². The van der Waals surface area contributed by atoms with Gasteiger partial charge in [0.15, 0.2) is 6.61 Å². The molecule has 6 nitrogen and oxygen atoms in total. The quantitative estimate of drug-likeness (QED) is 0.623. The van der Waals surface area contributed by atoms with E-state index in [0.29, 0.717) is 0 Å². The zero-order valence-corrected chi connectivity index (χ0v) is 14.2. The maximum atomic E-state index is 12.5. The third-order valence-electron chi connectivity index (χ3n) is 2.40. The van der Waals surface area contributed by atoms with Gasteiger partial charge in [0.05, 0.1) is 5.56 Å². The van der Waals surface area contributed by atoms with Crippen LogP contribution in [0.1, 0.15) is 31.1 Å². The van der Waals surface area contributed by atoms with E-state index in [1.807, 2.05) is 5.32 Å². The number of carbonyl (C=O) groups excluding carboxylic acids is 3. The van der Waals surface area contributed by atoms with Crippen molar-refractivity contribution in [2.24, 2.45) is 0 Å². The van der Waals surface area contributed by atoms with Crippen LogP contribution in [-0.4, -0.2) is 35.8 Å². The van der Waals surface area contributed by atoms with Gasteiger partial charge in [-0.1, -0.05) is 23.9 Å². The fourth-order valence-corrected chi connectivity index (χ4v) is 2.20. The van der Waals surface area contributed by atoms with Gasteiger partial charge < -0.3 is 10.1 Å². The molecule has 1 rings (SSSR count). The Bertz CT molecular complexity index is 618. The van der Waals surface area contributed by atoms with Crippen LogP contribution < -0.4 is 10.6 Å². The van der Waals surface area contributed by atoms with E-state index in [0.717, 1.165) is 0 Å². The number of rotatable bonds is 5. The molecular weight excluding hydrogens is 342 g/mol. The lowest BCUT2D eigenvalue weighted by Gasteiger charge is -2.20. The third-order valence-corrected chi connectivity index (χ3v) is 3.19. The van der Waals surface area contributed by atoms with E-state index in [-0.39, 0.29) is 22.2 Å². The Hall–Kier alpha value is -2.16. The summed E-state index contributed by atoms with van der Waals surface area (Å²) in [6.45, 7) is 4.49. The summed E-state index contributed by atoms with van der Waals surface area (Å²) in [6, 6.07) is 4.94. The highest BCUT2D eigenvalue weighted by Gasteiger charge is 2.19. The van der Waals surface area contributed by atoms with Gasteiger partial charge >= 0.3 is 12.0 Å². The van der Waals surface area contributed by atoms with Crippen molar-refractivity contribution in [3.8, 4) is 0 Å². The van der Waals surface area contributed by atoms with Crippen molar-refractivity contribution in [2.45, 2.75) is 37.0 Å². The number of alkyl halides is 2. The van der Waals surface area contributed by atoms with Crippen molar-refractivity contribution in [1.29, 1.82) is 0 Å². The molecule has 0 bridgehead atoms. The van der Waals surface area contributed by atoms with Crippen LogP contribution in [0.3, 0.4) is 0 Å². The maximum Gasteiger partial charge on any atom is 0.339 e. The molecule has 1 aromatic rings. The van der Waals surface area contributed by atoms with Crippen molar-refractivity contribution >= 4 is 29.7 Å². The van der Waals surface area contributed by atoms with E-state index in [4.69, 9.17) is 4.74 Å². The topological polar surface area (TPSA) is 84.5 Å². The van der Waals surface area contributed by atoms with Crippen molar-refractivity contribution in [1.82, 2.24) is 10.6 Å². The standard InChI is InChI=1S/C15H18F2N2O4S/c1-15(2,3)19-14(22)18-11(20)8-23-12(21)9-6-4-5-7-10(9)24-13(16)17/h4-7,13H,8H2,1-3H3,(H2,18,19,20,22). The Balaban J connectivity index is 2.57. The molecule has 0 saturated heterocycles. The number of hydrogen-bond donors (Lipinski definition) is 2. The molecule has 1 aromatic carbocycles. The number of halogens is 2. The Morgan fingerprint density at radius 3 is 2.42 bits per heavy atom. The first kappa shape index (κ1) is 19.9. The van der Waals surface area contributed by atoms with Gasteiger partial charge in [0.1, 0.15) is 0 Å². The second-order valence-corrected chi connectivity index (χ2v) is 6.73. The van der Waals surface area contributed by atoms with Crippen LogP contribution >= 0.6 is 11.8 Å². The van der Waals surface area contributed by atoms with Gasteiger partial charge in [0.2, 0.25) is 0 Å². The van der Waals surface area contributed by atoms with Crippen LogP contribution in [0.5, 0.6) is 0 Å². The maximum absolute atomic E-state index is 12.5. The number of thioether (sulfide) groups is 1. The van der Waals surface area contributed by atoms with Crippen LogP contribution in [0, 0.1) is 0 Å². The Morgan fingerprint density at radius 2 is 1.83 bits per heavy atom. The second kappa shape index (κ2) is 8.62. The average molecular weight is 360 g/mol. The fourth-order valence-electron chi connectivity index (χ4n) is 1.58. The van der Waals surface area contributed by atoms with Crippen molar-refractivity contribution in [3.05, 3.63) is 29.8 Å². The Labute approximate surface area is 142 Å². The van der Waals surface area contributed by atoms with Gasteiger partial charge in [-0.3, -0.25) is 10.1 Å². The van der Waals surface area contributed by atoms with E-state index in [9.17, 15) is 23.2 Å². The predicted octanol–water partition coefficient (Wildman–Crippen LogP) is 2.78. The molecular formula is C15H18F2N2O4S. The van der Waals surface area contributed by atoms with Crippen LogP contribution in [-0.2, 0) is 9.53 Å². The molecule has 132 valence electrons. The van der Waals surface area contributed by atoms with E-state index < -0.39 is 35.8 Å². The monoisotopic (exact) mass is 360 g/mol. The molecule has 0 aliphatic rings. The molecule has 0 unspecified atom stereocenters. The van der Waals surface area contributed by atoms with Crippen molar-refractivity contribution in [2.75, 3.05) is 6.61 Å². The molecule has 2 N–H and O–H groups in total. The highest BCUT2D eigenvalue weighted by molar-refractivity contribution is 7.99. The summed E-state index contributed by atoms with van der Waals surface area (Å²) in [6.07, 6.45) is 0. The van der Waals surface area contributed by atoms with Gasteiger partial charge in [0, 0.05) is 10.4 Å². The lowest BCUT2D eigenvalue weighted by atomic mass is 10.1. The molecule has 0 atom stereocenters. The molecule has 3 amide bonds. The highest BCUT2D eigenvalue weighted by Crippen LogP contribution is 2.28. The van der Waals surface area contributed by atoms with Gasteiger partial charge in [-0.15, -0.1) is 0 Å². The van der Waals surface area contributed by atoms with Gasteiger partial charge in [-0.2, -0.15) is 8.78 Å². The number of hydrogen-bond acceptors (Lipinski definition) is 5. The van der Waals surface area contributed by atoms with Crippen molar-refractivity contribution in [3.63, 3.8) is 0 Å². The van der Waals surface area contributed by atoms with Crippen LogP contribution in [0.25, 0.3) is 0 Å². The first-order valence-corrected chi connectivity index (χ1v) is 7.79. The molecule has 0 spiro atoms.